The van der Waals surface area contributed by atoms with Gasteiger partial charge in [0.25, 0.3) is 11.8 Å². The maximum Gasteiger partial charge on any atom is 0.266 e. The number of hydrogen-bond acceptors (Lipinski definition) is 5. The molecule has 4 N–H and O–H groups in total. The molecule has 1 saturated carbocycles. The van der Waals surface area contributed by atoms with E-state index in [0.717, 1.165) is 43.9 Å². The second kappa shape index (κ2) is 12.3. The Morgan fingerprint density at radius 1 is 0.971 bits per heavy atom. The smallest absolute Gasteiger partial charge is 0.266 e. The molecule has 0 aliphatic heterocycles. The Hall–Kier alpha value is -3.48. The van der Waals surface area contributed by atoms with Crippen molar-refractivity contribution in [1.29, 1.82) is 0 Å². The molecule has 2 atom stereocenters. The van der Waals surface area contributed by atoms with E-state index in [2.05, 4.69) is 17.2 Å². The predicted octanol–water partition coefficient (Wildman–Crippen LogP) is 3.27. The summed E-state index contributed by atoms with van der Waals surface area (Å²) in [6.45, 7) is 1.10. The molecular weight excluding hydrogens is 458 g/mol. The summed E-state index contributed by atoms with van der Waals surface area (Å²) in [5.41, 5.74) is 2.87. The van der Waals surface area contributed by atoms with Gasteiger partial charge in [0.15, 0.2) is 0 Å². The summed E-state index contributed by atoms with van der Waals surface area (Å²) in [6.07, 6.45) is 0.184. The molecule has 0 saturated heterocycles. The maximum atomic E-state index is 13.0. The number of nitrogens with one attached hydrogen (secondary N) is 2. The summed E-state index contributed by atoms with van der Waals surface area (Å²) in [4.78, 5) is 24.1. The molecule has 3 rings (SSSR count). The van der Waals surface area contributed by atoms with Gasteiger partial charge in [0.2, 0.25) is 6.43 Å². The summed E-state index contributed by atoms with van der Waals surface area (Å²) in [7, 11) is 0. The number of alkyl halides is 2. The number of benzene rings is 2. The molecule has 0 unspecified atom stereocenters. The highest BCUT2D eigenvalue weighted by molar-refractivity contribution is 5.97. The first-order chi connectivity index (χ1) is 16.8. The van der Waals surface area contributed by atoms with Crippen molar-refractivity contribution in [3.8, 4) is 17.6 Å². The number of aliphatic hydroxyl groups excluding tert-OH is 1. The van der Waals surface area contributed by atoms with E-state index in [4.69, 9.17) is 9.94 Å². The molecule has 0 heterocycles. The molecule has 9 heteroatoms. The first kappa shape index (κ1) is 26.1. The van der Waals surface area contributed by atoms with E-state index in [1.165, 1.54) is 17.6 Å². The van der Waals surface area contributed by atoms with Crippen LogP contribution in [-0.4, -0.2) is 46.8 Å². The Balaban J connectivity index is 1.59. The van der Waals surface area contributed by atoms with Gasteiger partial charge in [-0.3, -0.25) is 14.8 Å². The molecular formula is C26H28F2N2O5. The molecule has 1 fully saturated rings. The zero-order valence-corrected chi connectivity index (χ0v) is 19.2. The van der Waals surface area contributed by atoms with Crippen LogP contribution in [0, 0.1) is 17.8 Å². The quantitative estimate of drug-likeness (QED) is 0.273. The molecule has 1 aliphatic rings. The van der Waals surface area contributed by atoms with Gasteiger partial charge in [-0.05, 0) is 74.2 Å². The summed E-state index contributed by atoms with van der Waals surface area (Å²) in [5, 5.41) is 20.6. The van der Waals surface area contributed by atoms with Crippen LogP contribution in [0.25, 0.3) is 0 Å². The molecule has 0 aromatic heterocycles. The van der Waals surface area contributed by atoms with Crippen molar-refractivity contribution >= 4 is 11.8 Å². The van der Waals surface area contributed by atoms with Crippen LogP contribution >= 0.6 is 0 Å². The van der Waals surface area contributed by atoms with Crippen molar-refractivity contribution in [2.45, 2.75) is 57.3 Å². The monoisotopic (exact) mass is 486 g/mol. The summed E-state index contributed by atoms with van der Waals surface area (Å²) >= 11 is 0. The van der Waals surface area contributed by atoms with Gasteiger partial charge in [-0.15, -0.1) is 0 Å². The van der Waals surface area contributed by atoms with Crippen LogP contribution in [0.4, 0.5) is 8.78 Å². The summed E-state index contributed by atoms with van der Waals surface area (Å²) < 4.78 is 32.0. The van der Waals surface area contributed by atoms with Gasteiger partial charge in [-0.1, -0.05) is 18.8 Å². The van der Waals surface area contributed by atoms with Crippen molar-refractivity contribution in [1.82, 2.24) is 10.8 Å². The standard InChI is InChI=1S/C26H28F2N2O5/c1-16(24(27)28)23(26(33)30-34)29-25(32)19-8-4-17(5-9-19)2-3-18-6-12-21(13-7-18)35-22-14-10-20(31)11-15-22/h4-9,12-13,16,20,22-24,31,34H,10-11,14-15H2,1H3,(H,29,32)(H,30,33)/t16-,20?,22?,23+/m1/s1. The van der Waals surface area contributed by atoms with E-state index < -0.39 is 30.2 Å². The third-order valence-electron chi connectivity index (χ3n) is 5.90. The number of halogens is 2. The third kappa shape index (κ3) is 7.50. The highest BCUT2D eigenvalue weighted by atomic mass is 19.3. The van der Waals surface area contributed by atoms with Gasteiger partial charge in [0.05, 0.1) is 12.2 Å². The van der Waals surface area contributed by atoms with Gasteiger partial charge in [-0.25, -0.2) is 14.3 Å². The molecule has 1 aliphatic carbocycles. The van der Waals surface area contributed by atoms with Gasteiger partial charge in [-0.2, -0.15) is 0 Å². The summed E-state index contributed by atoms with van der Waals surface area (Å²) in [5.74, 6) is 3.42. The predicted molar refractivity (Wildman–Crippen MR) is 124 cm³/mol. The lowest BCUT2D eigenvalue weighted by Gasteiger charge is -2.26. The molecule has 0 radical (unpaired) electrons. The van der Waals surface area contributed by atoms with Crippen molar-refractivity contribution in [2.24, 2.45) is 5.92 Å². The van der Waals surface area contributed by atoms with E-state index in [0.29, 0.717) is 5.56 Å². The van der Waals surface area contributed by atoms with Crippen LogP contribution in [0.1, 0.15) is 54.1 Å². The summed E-state index contributed by atoms with van der Waals surface area (Å²) in [6, 6.07) is 11.9. The number of rotatable bonds is 7. The molecule has 186 valence electrons. The van der Waals surface area contributed by atoms with Gasteiger partial charge >= 0.3 is 0 Å². The highest BCUT2D eigenvalue weighted by Crippen LogP contribution is 2.24. The van der Waals surface area contributed by atoms with Crippen molar-refractivity contribution in [2.75, 3.05) is 0 Å². The molecule has 2 amide bonds. The number of amides is 2. The van der Waals surface area contributed by atoms with Crippen molar-refractivity contribution in [3.05, 3.63) is 65.2 Å². The largest absolute Gasteiger partial charge is 0.490 e. The zero-order valence-electron chi connectivity index (χ0n) is 19.2. The molecule has 0 bridgehead atoms. The van der Waals surface area contributed by atoms with Crippen molar-refractivity contribution in [3.63, 3.8) is 0 Å². The minimum Gasteiger partial charge on any atom is -0.490 e. The van der Waals surface area contributed by atoms with Crippen LogP contribution in [0.2, 0.25) is 0 Å². The Morgan fingerprint density at radius 2 is 1.51 bits per heavy atom. The van der Waals surface area contributed by atoms with Gasteiger partial charge in [0, 0.05) is 22.6 Å². The van der Waals surface area contributed by atoms with E-state index in [1.54, 1.807) is 12.1 Å². The fourth-order valence-electron chi connectivity index (χ4n) is 3.70. The fraction of sp³-hybridized carbons (Fsp3) is 0.385. The number of hydroxylamine groups is 1. The molecule has 7 nitrogen and oxygen atoms in total. The third-order valence-corrected chi connectivity index (χ3v) is 5.90. The lowest BCUT2D eigenvalue weighted by Crippen LogP contribution is -2.51. The van der Waals surface area contributed by atoms with Gasteiger partial charge < -0.3 is 15.2 Å². The van der Waals surface area contributed by atoms with E-state index in [-0.39, 0.29) is 17.8 Å². The van der Waals surface area contributed by atoms with E-state index in [1.807, 2.05) is 24.3 Å². The normalized spacial score (nSPS) is 19.1. The number of ether oxygens (including phenoxy) is 1. The lowest BCUT2D eigenvalue weighted by molar-refractivity contribution is -0.134. The zero-order chi connectivity index (χ0) is 25.4. The van der Waals surface area contributed by atoms with Crippen LogP contribution < -0.4 is 15.5 Å². The molecule has 0 spiro atoms. The Labute approximate surface area is 202 Å². The van der Waals surface area contributed by atoms with Crippen LogP contribution in [-0.2, 0) is 4.79 Å². The Bertz CT molecular complexity index is 1060. The van der Waals surface area contributed by atoms with Crippen LogP contribution in [0.5, 0.6) is 5.75 Å². The maximum absolute atomic E-state index is 13.0. The lowest BCUT2D eigenvalue weighted by atomic mass is 9.95. The average molecular weight is 487 g/mol. The number of aliphatic hydroxyl groups is 1. The second-order valence-electron chi connectivity index (χ2n) is 8.52. The minimum atomic E-state index is -2.86. The minimum absolute atomic E-state index is 0.109. The van der Waals surface area contributed by atoms with Crippen LogP contribution in [0.15, 0.2) is 48.5 Å². The second-order valence-corrected chi connectivity index (χ2v) is 8.52. The topological polar surface area (TPSA) is 108 Å². The van der Waals surface area contributed by atoms with Crippen molar-refractivity contribution < 1.29 is 33.4 Å². The molecule has 35 heavy (non-hydrogen) atoms. The van der Waals surface area contributed by atoms with E-state index in [9.17, 15) is 23.5 Å². The number of carbonyl (C=O) groups excluding carboxylic acids is 2. The highest BCUT2D eigenvalue weighted by Gasteiger charge is 2.32. The Kier molecular flexibility index (Phi) is 9.18. The average Bonchev–Trinajstić information content (AvgIpc) is 2.87. The SMILES string of the molecule is C[C@@H](C(F)F)[C@H](NC(=O)c1ccc(C#Cc2ccc(OC3CCC(O)CC3)cc2)cc1)C(=O)NO. The van der Waals surface area contributed by atoms with Crippen LogP contribution in [0.3, 0.4) is 0 Å². The Morgan fingerprint density at radius 3 is 2.03 bits per heavy atom. The van der Waals surface area contributed by atoms with Gasteiger partial charge in [0.1, 0.15) is 11.8 Å². The number of carbonyl (C=O) groups is 2. The fourth-order valence-corrected chi connectivity index (χ4v) is 3.70. The number of hydrogen-bond donors (Lipinski definition) is 4. The first-order valence-corrected chi connectivity index (χ1v) is 11.4. The molecule has 2 aromatic rings. The molecule has 2 aromatic carbocycles. The first-order valence-electron chi connectivity index (χ1n) is 11.4. The van der Waals surface area contributed by atoms with E-state index >= 15 is 0 Å².